The third-order valence-corrected chi connectivity index (χ3v) is 3.23. The average Bonchev–Trinajstić information content (AvgIpc) is 2.61. The normalized spacial score (nSPS) is 11.7. The molecule has 0 aliphatic carbocycles. The second-order valence-electron chi connectivity index (χ2n) is 6.00. The molecule has 1 unspecified atom stereocenters. The lowest BCUT2D eigenvalue weighted by atomic mass is 10.2. The maximum atomic E-state index is 12.5. The number of hydrogen-bond acceptors (Lipinski definition) is 7. The van der Waals surface area contributed by atoms with Crippen LogP contribution in [0.25, 0.3) is 0 Å². The van der Waals surface area contributed by atoms with Crippen LogP contribution in [0.4, 0.5) is 5.82 Å². The molecular weight excluding hydrogens is 354 g/mol. The first-order valence-corrected chi connectivity index (χ1v) is 8.25. The monoisotopic (exact) mass is 375 g/mol. The maximum Gasteiger partial charge on any atom is 0.337 e. The van der Waals surface area contributed by atoms with E-state index in [2.05, 4.69) is 15.3 Å². The van der Waals surface area contributed by atoms with Crippen molar-refractivity contribution in [3.8, 4) is 11.8 Å². The van der Waals surface area contributed by atoms with Crippen molar-refractivity contribution in [2.24, 2.45) is 0 Å². The fraction of sp³-hybridized carbons (Fsp3) is 0.333. The Kier molecular flexibility index (Phi) is 6.67. The van der Waals surface area contributed by atoms with Crippen molar-refractivity contribution >= 4 is 17.7 Å². The van der Waals surface area contributed by atoms with Gasteiger partial charge in [-0.15, -0.1) is 0 Å². The van der Waals surface area contributed by atoms with Crippen LogP contribution in [0.2, 0.25) is 0 Å². The van der Waals surface area contributed by atoms with Gasteiger partial charge in [-0.25, -0.2) is 9.78 Å². The molecular formula is C18H21N3O6. The highest BCUT2D eigenvalue weighted by molar-refractivity contribution is 6.04. The Balaban J connectivity index is 2.24. The molecule has 9 heteroatoms. The van der Waals surface area contributed by atoms with Gasteiger partial charge in [0.1, 0.15) is 11.9 Å². The van der Waals surface area contributed by atoms with Crippen molar-refractivity contribution in [1.82, 2.24) is 9.97 Å². The predicted octanol–water partition coefficient (Wildman–Crippen LogP) is 1.97. The number of nitrogens with zero attached hydrogens (tertiary/aromatic N) is 2. The molecule has 0 bridgehead atoms. The molecule has 0 aliphatic rings. The summed E-state index contributed by atoms with van der Waals surface area (Å²) < 4.78 is 11.0. The van der Waals surface area contributed by atoms with Crippen LogP contribution in [0, 0.1) is 0 Å². The number of hydrogen-bond donors (Lipinski definition) is 3. The quantitative estimate of drug-likeness (QED) is 0.638. The molecule has 27 heavy (non-hydrogen) atoms. The highest BCUT2D eigenvalue weighted by atomic mass is 16.5. The van der Waals surface area contributed by atoms with E-state index < -0.39 is 18.0 Å². The molecule has 144 valence electrons. The fourth-order valence-corrected chi connectivity index (χ4v) is 2.00. The summed E-state index contributed by atoms with van der Waals surface area (Å²) in [5.74, 6) is -1.08. The molecule has 0 aromatic carbocycles. The second-order valence-corrected chi connectivity index (χ2v) is 6.00. The molecule has 1 atom stereocenters. The maximum absolute atomic E-state index is 12.5. The van der Waals surface area contributed by atoms with Gasteiger partial charge in [-0.1, -0.05) is 0 Å². The van der Waals surface area contributed by atoms with Crippen LogP contribution in [0.5, 0.6) is 11.8 Å². The lowest BCUT2D eigenvalue weighted by molar-refractivity contribution is 0.0696. The van der Waals surface area contributed by atoms with Gasteiger partial charge in [0.05, 0.1) is 23.8 Å². The minimum atomic E-state index is -1.11. The molecule has 2 aromatic rings. The SMILES string of the molecule is CC(C)Oc1cc(C(=O)Nc2ccc(C(=O)O)cn2)cc(OC(C)CO)n1. The van der Waals surface area contributed by atoms with Gasteiger partial charge in [0, 0.05) is 18.3 Å². The van der Waals surface area contributed by atoms with E-state index in [1.807, 2.05) is 13.8 Å². The van der Waals surface area contributed by atoms with Crippen molar-refractivity contribution < 1.29 is 29.3 Å². The number of carboxylic acids is 1. The summed E-state index contributed by atoms with van der Waals surface area (Å²) >= 11 is 0. The van der Waals surface area contributed by atoms with E-state index in [-0.39, 0.29) is 41.4 Å². The third kappa shape index (κ3) is 5.93. The number of carboxylic acid groups (broad SMARTS) is 1. The molecule has 0 radical (unpaired) electrons. The number of carbonyl (C=O) groups is 2. The first-order valence-electron chi connectivity index (χ1n) is 8.25. The largest absolute Gasteiger partial charge is 0.478 e. The first-order chi connectivity index (χ1) is 12.8. The number of carbonyl (C=O) groups excluding carboxylic acids is 1. The minimum Gasteiger partial charge on any atom is -0.478 e. The number of ether oxygens (including phenoxy) is 2. The number of anilines is 1. The topological polar surface area (TPSA) is 131 Å². The van der Waals surface area contributed by atoms with Crippen LogP contribution >= 0.6 is 0 Å². The molecule has 9 nitrogen and oxygen atoms in total. The number of nitrogens with one attached hydrogen (secondary N) is 1. The van der Waals surface area contributed by atoms with Gasteiger partial charge < -0.3 is 25.0 Å². The molecule has 0 spiro atoms. The van der Waals surface area contributed by atoms with Crippen molar-refractivity contribution in [3.63, 3.8) is 0 Å². The van der Waals surface area contributed by atoms with E-state index >= 15 is 0 Å². The van der Waals surface area contributed by atoms with Crippen LogP contribution in [0.3, 0.4) is 0 Å². The number of aliphatic hydroxyl groups is 1. The van der Waals surface area contributed by atoms with Crippen LogP contribution < -0.4 is 14.8 Å². The van der Waals surface area contributed by atoms with E-state index in [0.717, 1.165) is 6.20 Å². The number of aromatic nitrogens is 2. The summed E-state index contributed by atoms with van der Waals surface area (Å²) in [6.07, 6.45) is 0.479. The Labute approximate surface area is 156 Å². The van der Waals surface area contributed by atoms with E-state index in [1.165, 1.54) is 24.3 Å². The lowest BCUT2D eigenvalue weighted by Crippen LogP contribution is -2.19. The average molecular weight is 375 g/mol. The van der Waals surface area contributed by atoms with Crippen molar-refractivity contribution in [2.45, 2.75) is 33.0 Å². The van der Waals surface area contributed by atoms with Gasteiger partial charge in [-0.2, -0.15) is 4.98 Å². The Bertz CT molecular complexity index is 807. The molecule has 2 aromatic heterocycles. The smallest absolute Gasteiger partial charge is 0.337 e. The summed E-state index contributed by atoms with van der Waals surface area (Å²) in [5, 5.41) is 20.6. The Morgan fingerprint density at radius 3 is 2.30 bits per heavy atom. The number of aliphatic hydroxyl groups excluding tert-OH is 1. The van der Waals surface area contributed by atoms with E-state index in [1.54, 1.807) is 6.92 Å². The minimum absolute atomic E-state index is 0.0122. The number of pyridine rings is 2. The number of rotatable bonds is 8. The summed E-state index contributed by atoms with van der Waals surface area (Å²) in [5.41, 5.74) is 0.225. The summed E-state index contributed by atoms with van der Waals surface area (Å²) in [4.78, 5) is 31.4. The fourth-order valence-electron chi connectivity index (χ4n) is 2.00. The Morgan fingerprint density at radius 1 is 1.11 bits per heavy atom. The van der Waals surface area contributed by atoms with Crippen molar-refractivity contribution in [1.29, 1.82) is 0 Å². The molecule has 0 aliphatic heterocycles. The molecule has 0 fully saturated rings. The molecule has 0 saturated heterocycles. The van der Waals surface area contributed by atoms with Gasteiger partial charge in [-0.3, -0.25) is 4.79 Å². The highest BCUT2D eigenvalue weighted by Crippen LogP contribution is 2.21. The van der Waals surface area contributed by atoms with Crippen LogP contribution in [-0.4, -0.2) is 50.9 Å². The van der Waals surface area contributed by atoms with Crippen molar-refractivity contribution in [3.05, 3.63) is 41.6 Å². The third-order valence-electron chi connectivity index (χ3n) is 3.23. The zero-order chi connectivity index (χ0) is 20.0. The van der Waals surface area contributed by atoms with Crippen molar-refractivity contribution in [2.75, 3.05) is 11.9 Å². The van der Waals surface area contributed by atoms with E-state index in [9.17, 15) is 9.59 Å². The summed E-state index contributed by atoms with van der Waals surface area (Å²) in [6, 6.07) is 5.60. The van der Waals surface area contributed by atoms with Gasteiger partial charge in [0.25, 0.3) is 5.91 Å². The molecule has 2 rings (SSSR count). The summed E-state index contributed by atoms with van der Waals surface area (Å²) in [7, 11) is 0. The molecule has 0 saturated carbocycles. The van der Waals surface area contributed by atoms with E-state index in [4.69, 9.17) is 19.7 Å². The molecule has 2 heterocycles. The standard InChI is InChI=1S/C18H21N3O6/c1-10(2)26-15-6-13(7-16(21-15)27-11(3)9-22)17(23)20-14-5-4-12(8-19-14)18(24)25/h4-8,10-11,22H,9H2,1-3H3,(H,24,25)(H,19,20,23). The number of aromatic carboxylic acids is 1. The summed E-state index contributed by atoms with van der Waals surface area (Å²) in [6.45, 7) is 5.09. The van der Waals surface area contributed by atoms with Gasteiger partial charge in [-0.05, 0) is 32.9 Å². The lowest BCUT2D eigenvalue weighted by Gasteiger charge is -2.15. The zero-order valence-corrected chi connectivity index (χ0v) is 15.2. The van der Waals surface area contributed by atoms with Gasteiger partial charge in [0.2, 0.25) is 11.8 Å². The van der Waals surface area contributed by atoms with Crippen LogP contribution in [0.1, 0.15) is 41.5 Å². The predicted molar refractivity (Wildman–Crippen MR) is 96.3 cm³/mol. The van der Waals surface area contributed by atoms with E-state index in [0.29, 0.717) is 0 Å². The first kappa shape index (κ1) is 20.1. The van der Waals surface area contributed by atoms with Gasteiger partial charge in [0.15, 0.2) is 0 Å². The molecule has 1 amide bonds. The van der Waals surface area contributed by atoms with Gasteiger partial charge >= 0.3 is 5.97 Å². The second kappa shape index (κ2) is 8.95. The highest BCUT2D eigenvalue weighted by Gasteiger charge is 2.15. The van der Waals surface area contributed by atoms with Crippen LogP contribution in [-0.2, 0) is 0 Å². The molecule has 3 N–H and O–H groups in total. The number of amides is 1. The Hall–Kier alpha value is -3.20. The van der Waals surface area contributed by atoms with Crippen LogP contribution in [0.15, 0.2) is 30.5 Å². The zero-order valence-electron chi connectivity index (χ0n) is 15.2. The Morgan fingerprint density at radius 2 is 1.78 bits per heavy atom.